The quantitative estimate of drug-likeness (QED) is 0.161. The molecule has 4 heteroatoms. The third kappa shape index (κ3) is 15.8. The molecule has 148 valence electrons. The summed E-state index contributed by atoms with van der Waals surface area (Å²) >= 11 is 0. The van der Waals surface area contributed by atoms with E-state index in [-0.39, 0.29) is 17.9 Å². The Morgan fingerprint density at radius 3 is 2.08 bits per heavy atom. The summed E-state index contributed by atoms with van der Waals surface area (Å²) in [5.74, 6) is 0.0384. The van der Waals surface area contributed by atoms with E-state index in [2.05, 4.69) is 11.7 Å². The van der Waals surface area contributed by atoms with Crippen molar-refractivity contribution in [2.45, 2.75) is 77.2 Å². The van der Waals surface area contributed by atoms with Gasteiger partial charge in [-0.25, -0.2) is 0 Å². The maximum Gasteiger partial charge on any atom is 0.305 e. The average Bonchev–Trinajstić information content (AvgIpc) is 2.65. The van der Waals surface area contributed by atoms with Crippen LogP contribution in [0.5, 0.6) is 0 Å². The Bertz CT molecular complexity index is 449. The van der Waals surface area contributed by atoms with E-state index in [9.17, 15) is 9.59 Å². The molecule has 0 aromatic heterocycles. The second-order valence-electron chi connectivity index (χ2n) is 6.36. The van der Waals surface area contributed by atoms with E-state index in [1.165, 1.54) is 7.11 Å². The van der Waals surface area contributed by atoms with Crippen LogP contribution in [-0.4, -0.2) is 32.1 Å². The Morgan fingerprint density at radius 2 is 1.46 bits per heavy atom. The van der Waals surface area contributed by atoms with Gasteiger partial charge in [-0.3, -0.25) is 9.59 Å². The van der Waals surface area contributed by atoms with Gasteiger partial charge in [0.05, 0.1) is 13.2 Å². The van der Waals surface area contributed by atoms with Crippen molar-refractivity contribution >= 4 is 11.8 Å². The van der Waals surface area contributed by atoms with Gasteiger partial charge in [-0.1, -0.05) is 69.4 Å². The fraction of sp³-hybridized carbons (Fsp3) is 0.636. The summed E-state index contributed by atoms with van der Waals surface area (Å²) in [7, 11) is 3.14. The molecule has 0 aromatic carbocycles. The predicted octanol–water partition coefficient (Wildman–Crippen LogP) is 5.33. The van der Waals surface area contributed by atoms with Crippen molar-refractivity contribution in [3.63, 3.8) is 0 Å². The number of rotatable bonds is 16. The Kier molecular flexibility index (Phi) is 17.0. The van der Waals surface area contributed by atoms with Crippen LogP contribution in [0.3, 0.4) is 0 Å². The summed E-state index contributed by atoms with van der Waals surface area (Å²) in [6.07, 6.45) is 20.7. The first kappa shape index (κ1) is 24.3. The van der Waals surface area contributed by atoms with Gasteiger partial charge in [0.1, 0.15) is 0 Å². The Labute approximate surface area is 159 Å². The number of unbranched alkanes of at least 4 members (excludes halogenated alkanes) is 5. The van der Waals surface area contributed by atoms with Crippen LogP contribution in [0.4, 0.5) is 0 Å². The highest BCUT2D eigenvalue weighted by Gasteiger charge is 2.00. The standard InChI is InChI=1S/C22H36O4/c1-4-15-21(25-2)18-13-10-9-12-17-20(23)16-11-7-5-6-8-14-19-22(24)26-3/h9-10,12-13,17-18,21H,4-8,11,14-16,19H2,1-3H3. The highest BCUT2D eigenvalue weighted by molar-refractivity contribution is 5.89. The van der Waals surface area contributed by atoms with Gasteiger partial charge in [-0.05, 0) is 25.3 Å². The van der Waals surface area contributed by atoms with Gasteiger partial charge < -0.3 is 9.47 Å². The lowest BCUT2D eigenvalue weighted by molar-refractivity contribution is -0.140. The first-order chi connectivity index (χ1) is 12.6. The molecule has 0 aliphatic rings. The summed E-state index contributed by atoms with van der Waals surface area (Å²) in [4.78, 5) is 22.7. The van der Waals surface area contributed by atoms with Crippen molar-refractivity contribution in [3.8, 4) is 0 Å². The Morgan fingerprint density at radius 1 is 0.846 bits per heavy atom. The van der Waals surface area contributed by atoms with Gasteiger partial charge in [0.25, 0.3) is 0 Å². The van der Waals surface area contributed by atoms with Crippen LogP contribution < -0.4 is 0 Å². The fourth-order valence-electron chi connectivity index (χ4n) is 2.52. The van der Waals surface area contributed by atoms with E-state index in [0.717, 1.165) is 51.4 Å². The SMILES string of the molecule is CCCC(C=CC=CC=CC(=O)CCCCCCCCC(=O)OC)OC. The number of hydrogen-bond acceptors (Lipinski definition) is 4. The maximum atomic E-state index is 11.7. The van der Waals surface area contributed by atoms with Gasteiger partial charge in [0, 0.05) is 20.0 Å². The van der Waals surface area contributed by atoms with Gasteiger partial charge in [0.15, 0.2) is 5.78 Å². The predicted molar refractivity (Wildman–Crippen MR) is 107 cm³/mol. The molecule has 1 unspecified atom stereocenters. The number of esters is 1. The second-order valence-corrected chi connectivity index (χ2v) is 6.36. The summed E-state index contributed by atoms with van der Waals surface area (Å²) in [5, 5.41) is 0. The highest BCUT2D eigenvalue weighted by Crippen LogP contribution is 2.09. The van der Waals surface area contributed by atoms with Crippen LogP contribution in [0.15, 0.2) is 36.5 Å². The Hall–Kier alpha value is -1.68. The molecule has 0 saturated heterocycles. The molecule has 4 nitrogen and oxygen atoms in total. The molecule has 0 aliphatic carbocycles. The lowest BCUT2D eigenvalue weighted by Gasteiger charge is -2.07. The van der Waals surface area contributed by atoms with Crippen molar-refractivity contribution in [1.82, 2.24) is 0 Å². The van der Waals surface area contributed by atoms with Crippen LogP contribution in [0, 0.1) is 0 Å². The molecule has 0 N–H and O–H groups in total. The second kappa shape index (κ2) is 18.1. The van der Waals surface area contributed by atoms with Crippen molar-refractivity contribution in [1.29, 1.82) is 0 Å². The molecule has 0 heterocycles. The molecule has 0 fully saturated rings. The maximum absolute atomic E-state index is 11.7. The van der Waals surface area contributed by atoms with E-state index in [1.54, 1.807) is 19.3 Å². The number of ether oxygens (including phenoxy) is 2. The lowest BCUT2D eigenvalue weighted by atomic mass is 10.1. The van der Waals surface area contributed by atoms with E-state index in [4.69, 9.17) is 4.74 Å². The molecule has 0 aromatic rings. The van der Waals surface area contributed by atoms with Gasteiger partial charge in [-0.2, -0.15) is 0 Å². The normalized spacial score (nSPS) is 13.0. The summed E-state index contributed by atoms with van der Waals surface area (Å²) < 4.78 is 9.93. The van der Waals surface area contributed by atoms with Gasteiger partial charge in [-0.15, -0.1) is 0 Å². The van der Waals surface area contributed by atoms with Crippen molar-refractivity contribution in [2.24, 2.45) is 0 Å². The largest absolute Gasteiger partial charge is 0.469 e. The smallest absolute Gasteiger partial charge is 0.305 e. The number of methoxy groups -OCH3 is 2. The summed E-state index contributed by atoms with van der Waals surface area (Å²) in [5.41, 5.74) is 0. The fourth-order valence-corrected chi connectivity index (χ4v) is 2.52. The zero-order valence-electron chi connectivity index (χ0n) is 16.7. The number of hydrogen-bond donors (Lipinski definition) is 0. The van der Waals surface area contributed by atoms with E-state index in [1.807, 2.05) is 24.3 Å². The molecule has 1 atom stereocenters. The highest BCUT2D eigenvalue weighted by atomic mass is 16.5. The minimum absolute atomic E-state index is 0.133. The van der Waals surface area contributed by atoms with Crippen LogP contribution in [0.25, 0.3) is 0 Å². The van der Waals surface area contributed by atoms with Crippen LogP contribution in [-0.2, 0) is 19.1 Å². The topological polar surface area (TPSA) is 52.6 Å². The molecular formula is C22H36O4. The molecule has 0 bridgehead atoms. The first-order valence-electron chi connectivity index (χ1n) is 9.78. The average molecular weight is 365 g/mol. The minimum atomic E-state index is -0.133. The lowest BCUT2D eigenvalue weighted by Crippen LogP contribution is -2.05. The zero-order chi connectivity index (χ0) is 19.5. The Balaban J connectivity index is 3.66. The van der Waals surface area contributed by atoms with Gasteiger partial charge in [0.2, 0.25) is 0 Å². The summed E-state index contributed by atoms with van der Waals surface area (Å²) in [6, 6.07) is 0. The van der Waals surface area contributed by atoms with E-state index in [0.29, 0.717) is 12.8 Å². The number of carbonyl (C=O) groups excluding carboxylic acids is 2. The molecular weight excluding hydrogens is 328 g/mol. The zero-order valence-corrected chi connectivity index (χ0v) is 16.7. The van der Waals surface area contributed by atoms with E-state index >= 15 is 0 Å². The van der Waals surface area contributed by atoms with Crippen LogP contribution in [0.1, 0.15) is 71.1 Å². The van der Waals surface area contributed by atoms with Crippen LogP contribution >= 0.6 is 0 Å². The molecule has 0 radical (unpaired) electrons. The number of allylic oxidation sites excluding steroid dienone is 5. The van der Waals surface area contributed by atoms with Gasteiger partial charge >= 0.3 is 5.97 Å². The van der Waals surface area contributed by atoms with Crippen molar-refractivity contribution in [2.75, 3.05) is 14.2 Å². The molecule has 0 saturated carbocycles. The molecule has 0 rings (SSSR count). The third-order valence-electron chi connectivity index (χ3n) is 4.10. The summed E-state index contributed by atoms with van der Waals surface area (Å²) in [6.45, 7) is 2.13. The number of ketones is 1. The molecule has 0 aliphatic heterocycles. The monoisotopic (exact) mass is 364 g/mol. The van der Waals surface area contributed by atoms with Crippen LogP contribution in [0.2, 0.25) is 0 Å². The molecule has 26 heavy (non-hydrogen) atoms. The first-order valence-corrected chi connectivity index (χ1v) is 9.78. The molecule has 0 spiro atoms. The third-order valence-corrected chi connectivity index (χ3v) is 4.10. The van der Waals surface area contributed by atoms with E-state index < -0.39 is 0 Å². The minimum Gasteiger partial charge on any atom is -0.469 e. The molecule has 0 amide bonds. The van der Waals surface area contributed by atoms with Crippen molar-refractivity contribution < 1.29 is 19.1 Å². The number of carbonyl (C=O) groups is 2. The van der Waals surface area contributed by atoms with Crippen molar-refractivity contribution in [3.05, 3.63) is 36.5 Å².